The monoisotopic (exact) mass is 623 g/mol. The molecule has 0 aromatic heterocycles. The number of allylic oxidation sites excluding steroid dienone is 1. The zero-order chi connectivity index (χ0) is 31.3. The Kier molecular flexibility index (Phi) is 10.9. The van der Waals surface area contributed by atoms with E-state index in [4.69, 9.17) is 0 Å². The maximum absolute atomic E-state index is 14.1. The van der Waals surface area contributed by atoms with Crippen LogP contribution in [-0.2, 0) is 27.5 Å². The minimum atomic E-state index is -1.10. The second-order valence-corrected chi connectivity index (χ2v) is 13.4. The summed E-state index contributed by atoms with van der Waals surface area (Å²) in [6, 6.07) is 5.41. The number of β-amino-alcohol motifs (C(OH)–C–C–N with tert-alkyl or cyclic N) is 1. The van der Waals surface area contributed by atoms with Crippen LogP contribution in [-0.4, -0.2) is 64.0 Å². The van der Waals surface area contributed by atoms with Crippen LogP contribution in [0, 0.1) is 11.8 Å². The standard InChI is InChI=1S/C34H49N5O4S/c1-3-26-18-34(26,33(43)38-44)37-31(41)29-17-27(40)21-39(29)32(42)30(24-13-8-9-14-24)36-22(2)11-6-4-5-7-12-23-15-10-16-25-19-35-20-28(23)25/h3,7,10,12,15-16,22,24,26-27,29-30,35-36,40,44H,1,4-6,8-9,11,13-14,17-21H2,2H3,(H,37,41)(H,38,43)/b12-7+/t22?,26-,27-,29+,30+,34-/m1/s1. The number of unbranched alkanes of at least 4 members (excludes halogenated alkanes) is 2. The fraction of sp³-hybridized carbons (Fsp3) is 0.618. The first-order chi connectivity index (χ1) is 21.3. The van der Waals surface area contributed by atoms with Crippen LogP contribution in [0.4, 0.5) is 0 Å². The van der Waals surface area contributed by atoms with Gasteiger partial charge in [-0.15, -0.1) is 6.58 Å². The zero-order valence-corrected chi connectivity index (χ0v) is 26.8. The highest BCUT2D eigenvalue weighted by Gasteiger charge is 2.60. The molecule has 2 aliphatic carbocycles. The number of hydrogen-bond acceptors (Lipinski definition) is 7. The van der Waals surface area contributed by atoms with Gasteiger partial charge in [0.05, 0.1) is 12.1 Å². The van der Waals surface area contributed by atoms with Crippen LogP contribution >= 0.6 is 12.8 Å². The van der Waals surface area contributed by atoms with E-state index in [1.807, 2.05) is 0 Å². The van der Waals surface area contributed by atoms with Crippen molar-refractivity contribution in [3.8, 4) is 0 Å². The SMILES string of the molecule is C=C[C@@H]1C[C@]1(NC(=O)[C@@H]1C[C@@H](O)CN1C(=O)[C@@H](NC(C)CCCC/C=C/c1cccc2c1CNC2)C1CCCC1)C(=O)NS. The maximum Gasteiger partial charge on any atom is 0.256 e. The molecule has 2 saturated carbocycles. The Hall–Kier alpha value is -2.66. The highest BCUT2D eigenvalue weighted by atomic mass is 32.1. The van der Waals surface area contributed by atoms with Gasteiger partial charge >= 0.3 is 0 Å². The summed E-state index contributed by atoms with van der Waals surface area (Å²) in [4.78, 5) is 41.7. The number of hydrogen-bond donors (Lipinski definition) is 6. The van der Waals surface area contributed by atoms with Gasteiger partial charge in [-0.2, -0.15) is 0 Å². The van der Waals surface area contributed by atoms with E-state index < -0.39 is 35.5 Å². The number of aliphatic hydroxyl groups excluding tert-OH is 1. The molecule has 0 radical (unpaired) electrons. The van der Waals surface area contributed by atoms with E-state index in [0.717, 1.165) is 64.5 Å². The highest BCUT2D eigenvalue weighted by Crippen LogP contribution is 2.45. The Bertz CT molecular complexity index is 1250. The van der Waals surface area contributed by atoms with Gasteiger partial charge < -0.3 is 30.7 Å². The Labute approximate surface area is 267 Å². The van der Waals surface area contributed by atoms with Crippen molar-refractivity contribution in [2.45, 2.75) is 114 Å². The second kappa shape index (κ2) is 14.6. The lowest BCUT2D eigenvalue weighted by Crippen LogP contribution is -2.58. The predicted molar refractivity (Wildman–Crippen MR) is 175 cm³/mol. The lowest BCUT2D eigenvalue weighted by atomic mass is 9.94. The summed E-state index contributed by atoms with van der Waals surface area (Å²) in [6.07, 6.45) is 14.2. The summed E-state index contributed by atoms with van der Waals surface area (Å²) in [5.74, 6) is -0.941. The molecule has 1 aromatic carbocycles. The zero-order valence-electron chi connectivity index (χ0n) is 25.9. The van der Waals surface area contributed by atoms with Gasteiger partial charge in [-0.05, 0) is 68.1 Å². The van der Waals surface area contributed by atoms with Crippen molar-refractivity contribution >= 4 is 36.6 Å². The molecule has 2 heterocycles. The molecule has 1 aromatic rings. The fourth-order valence-corrected chi connectivity index (χ4v) is 7.65. The van der Waals surface area contributed by atoms with Crippen LogP contribution in [0.3, 0.4) is 0 Å². The van der Waals surface area contributed by atoms with E-state index in [9.17, 15) is 19.5 Å². The van der Waals surface area contributed by atoms with Crippen LogP contribution in [0.1, 0.15) is 87.8 Å². The highest BCUT2D eigenvalue weighted by molar-refractivity contribution is 7.78. The number of nitrogens with one attached hydrogen (secondary N) is 4. The average Bonchev–Trinajstić information content (AvgIpc) is 3.48. The van der Waals surface area contributed by atoms with Crippen molar-refractivity contribution in [1.29, 1.82) is 0 Å². The van der Waals surface area contributed by atoms with Gasteiger partial charge in [-0.1, -0.05) is 68.5 Å². The van der Waals surface area contributed by atoms with E-state index in [1.165, 1.54) is 16.7 Å². The van der Waals surface area contributed by atoms with Gasteiger partial charge in [0, 0.05) is 38.0 Å². The van der Waals surface area contributed by atoms with Crippen LogP contribution < -0.4 is 20.7 Å². The summed E-state index contributed by atoms with van der Waals surface area (Å²) in [6.45, 7) is 7.91. The van der Waals surface area contributed by atoms with Gasteiger partial charge in [-0.3, -0.25) is 14.4 Å². The van der Waals surface area contributed by atoms with E-state index >= 15 is 0 Å². The summed E-state index contributed by atoms with van der Waals surface area (Å²) >= 11 is 3.90. The lowest BCUT2D eigenvalue weighted by Gasteiger charge is -2.33. The van der Waals surface area contributed by atoms with Crippen molar-refractivity contribution < 1.29 is 19.5 Å². The molecule has 3 fully saturated rings. The number of carbonyl (C=O) groups is 3. The first-order valence-corrected chi connectivity index (χ1v) is 16.8. The molecular formula is C34H49N5O4S. The van der Waals surface area contributed by atoms with Crippen molar-refractivity contribution in [3.63, 3.8) is 0 Å². The number of benzene rings is 1. The second-order valence-electron chi connectivity index (χ2n) is 13.2. The number of carbonyl (C=O) groups excluding carboxylic acids is 3. The van der Waals surface area contributed by atoms with Gasteiger partial charge in [0.15, 0.2) is 0 Å². The molecule has 240 valence electrons. The lowest BCUT2D eigenvalue weighted by molar-refractivity contribution is -0.142. The van der Waals surface area contributed by atoms with Crippen LogP contribution in [0.5, 0.6) is 0 Å². The van der Waals surface area contributed by atoms with Gasteiger partial charge in [-0.25, -0.2) is 0 Å². The quantitative estimate of drug-likeness (QED) is 0.107. The molecule has 1 unspecified atom stereocenters. The molecule has 9 nitrogen and oxygen atoms in total. The normalized spacial score (nSPS) is 27.7. The predicted octanol–water partition coefficient (Wildman–Crippen LogP) is 3.38. The number of thiol groups is 1. The summed E-state index contributed by atoms with van der Waals surface area (Å²) in [5, 5.41) is 20.5. The number of amides is 3. The summed E-state index contributed by atoms with van der Waals surface area (Å²) in [5.41, 5.74) is 3.00. The Morgan fingerprint density at radius 2 is 2.02 bits per heavy atom. The molecule has 6 atom stereocenters. The molecule has 0 spiro atoms. The van der Waals surface area contributed by atoms with E-state index in [-0.39, 0.29) is 36.8 Å². The van der Waals surface area contributed by atoms with E-state index in [0.29, 0.717) is 6.42 Å². The molecular weight excluding hydrogens is 574 g/mol. The molecule has 1 saturated heterocycles. The summed E-state index contributed by atoms with van der Waals surface area (Å²) < 4.78 is 2.34. The third-order valence-electron chi connectivity index (χ3n) is 10.1. The molecule has 5 rings (SSSR count). The molecule has 10 heteroatoms. The molecule has 5 N–H and O–H groups in total. The maximum atomic E-state index is 14.1. The van der Waals surface area contributed by atoms with Crippen molar-refractivity contribution in [1.82, 2.24) is 25.6 Å². The van der Waals surface area contributed by atoms with E-state index in [1.54, 1.807) is 11.0 Å². The average molecular weight is 624 g/mol. The Morgan fingerprint density at radius 1 is 1.23 bits per heavy atom. The fourth-order valence-electron chi connectivity index (χ4n) is 7.45. The number of likely N-dealkylation sites (tertiary alicyclic amines) is 1. The smallest absolute Gasteiger partial charge is 0.256 e. The van der Waals surface area contributed by atoms with Crippen LogP contribution in [0.25, 0.3) is 6.08 Å². The molecule has 4 aliphatic rings. The number of aliphatic hydroxyl groups is 1. The molecule has 2 aliphatic heterocycles. The molecule has 3 amide bonds. The first kappa shape index (κ1) is 32.7. The van der Waals surface area contributed by atoms with E-state index in [2.05, 4.69) is 77.3 Å². The minimum Gasteiger partial charge on any atom is -0.391 e. The molecule has 44 heavy (non-hydrogen) atoms. The van der Waals surface area contributed by atoms with Gasteiger partial charge in [0.2, 0.25) is 11.8 Å². The van der Waals surface area contributed by atoms with Crippen molar-refractivity contribution in [2.75, 3.05) is 6.54 Å². The van der Waals surface area contributed by atoms with Crippen molar-refractivity contribution in [3.05, 3.63) is 53.6 Å². The largest absolute Gasteiger partial charge is 0.391 e. The van der Waals surface area contributed by atoms with Crippen LogP contribution in [0.15, 0.2) is 36.9 Å². The number of fused-ring (bicyclic) bond motifs is 1. The molecule has 0 bridgehead atoms. The Morgan fingerprint density at radius 3 is 2.75 bits per heavy atom. The minimum absolute atomic E-state index is 0.111. The summed E-state index contributed by atoms with van der Waals surface area (Å²) in [7, 11) is 0. The van der Waals surface area contributed by atoms with Crippen LogP contribution in [0.2, 0.25) is 0 Å². The van der Waals surface area contributed by atoms with Gasteiger partial charge in [0.1, 0.15) is 11.6 Å². The Balaban J connectivity index is 1.16. The number of rotatable bonds is 14. The third kappa shape index (κ3) is 7.25. The van der Waals surface area contributed by atoms with Gasteiger partial charge in [0.25, 0.3) is 5.91 Å². The number of nitrogens with zero attached hydrogens (tertiary/aromatic N) is 1. The first-order valence-electron chi connectivity index (χ1n) is 16.4. The van der Waals surface area contributed by atoms with Crippen molar-refractivity contribution in [2.24, 2.45) is 11.8 Å². The topological polar surface area (TPSA) is 123 Å². The third-order valence-corrected chi connectivity index (χ3v) is 10.3.